The normalized spacial score (nSPS) is 11.6. The van der Waals surface area contributed by atoms with E-state index in [-0.39, 0.29) is 0 Å². The molecule has 15 heteroatoms. The van der Waals surface area contributed by atoms with Crippen LogP contribution in [0.3, 0.4) is 0 Å². The molecule has 147 heavy (non-hydrogen) atoms. The van der Waals surface area contributed by atoms with Crippen LogP contribution < -0.4 is 0 Å². The molecule has 690 valence electrons. The summed E-state index contributed by atoms with van der Waals surface area (Å²) >= 11 is 0. The van der Waals surface area contributed by atoms with Gasteiger partial charge < -0.3 is 0 Å². The number of fused-ring (bicyclic) bond motifs is 9. The molecule has 3 aliphatic rings. The molecule has 0 aliphatic heterocycles. The molecule has 0 spiro atoms. The average molecular weight is 1880 g/mol. The van der Waals surface area contributed by atoms with Crippen molar-refractivity contribution >= 4 is 0 Å². The van der Waals surface area contributed by atoms with Crippen LogP contribution in [-0.2, 0) is 19.3 Å². The summed E-state index contributed by atoms with van der Waals surface area (Å²) in [5, 5.41) is 0. The first-order valence-electron chi connectivity index (χ1n) is 49.1. The van der Waals surface area contributed by atoms with Crippen LogP contribution >= 0.6 is 0 Å². The summed E-state index contributed by atoms with van der Waals surface area (Å²) in [4.78, 5) is 73.2. The van der Waals surface area contributed by atoms with E-state index in [0.29, 0.717) is 52.4 Å². The Kier molecular flexibility index (Phi) is 24.0. The molecule has 24 aromatic rings. The molecule has 15 nitrogen and oxygen atoms in total. The van der Waals surface area contributed by atoms with Gasteiger partial charge >= 0.3 is 0 Å². The van der Waals surface area contributed by atoms with E-state index in [1.807, 2.05) is 194 Å². The molecular formula is C132H87N15. The van der Waals surface area contributed by atoms with Gasteiger partial charge in [-0.3, -0.25) is 0 Å². The standard InChI is InChI=1S/3C44H29N5/c1-4-12-30(13-5-1)36-20-11-21-37-38(36)27-39-40(45-28-46-41(37)39)31-24-22-29(23-25-31)34-18-10-19-35(26-34)44-48-42(32-14-6-2-7-15-32)47-43(49-44)33-16-8-3-9-17-33;1-4-13-29(14-5-1)35-24-36(26-37(25-35)40-39-27-33-19-10-11-22-38(33)41(39)46-28-45-40)32-20-12-21-34(23-32)44-48-42(30-15-6-2-7-16-30)47-43(49-44)31-17-8-3-9-18-31;1-4-13-29(14-5-1)35-24-36(32-20-12-21-34(23-32)40-39-27-33-19-10-11-22-38(33)41(39)46-28-45-40)26-37(25-35)44-48-42(30-15-6-2-7-16-30)47-43(49-44)31-17-8-3-9-18-31/h3*1-26,28H,27H2. The maximum atomic E-state index is 5.05. The Morgan fingerprint density at radius 3 is 0.721 bits per heavy atom. The molecule has 3 aliphatic carbocycles. The molecule has 0 N–H and O–H groups in total. The molecule has 0 radical (unpaired) electrons. The minimum Gasteiger partial charge on any atom is -0.236 e. The van der Waals surface area contributed by atoms with Gasteiger partial charge in [0.1, 0.15) is 19.0 Å². The Hall–Kier alpha value is -19.8. The summed E-state index contributed by atoms with van der Waals surface area (Å²) in [6.45, 7) is 0. The van der Waals surface area contributed by atoms with Gasteiger partial charge in [-0.05, 0) is 138 Å². The van der Waals surface area contributed by atoms with Crippen molar-refractivity contribution in [3.05, 3.63) is 526 Å². The molecule has 0 fully saturated rings. The number of rotatable bonds is 18. The Balaban J connectivity index is 0.000000115. The van der Waals surface area contributed by atoms with E-state index in [1.54, 1.807) is 19.0 Å². The van der Waals surface area contributed by atoms with Gasteiger partial charge in [-0.15, -0.1) is 0 Å². The lowest BCUT2D eigenvalue weighted by Gasteiger charge is -2.14. The van der Waals surface area contributed by atoms with Gasteiger partial charge in [-0.1, -0.05) is 419 Å². The third-order valence-corrected chi connectivity index (χ3v) is 27.2. The van der Waals surface area contributed by atoms with E-state index in [9.17, 15) is 0 Å². The molecular weight excluding hydrogens is 1800 g/mol. The second-order valence-electron chi connectivity index (χ2n) is 36.5. The van der Waals surface area contributed by atoms with Gasteiger partial charge in [0.25, 0.3) is 0 Å². The molecule has 0 atom stereocenters. The first-order valence-corrected chi connectivity index (χ1v) is 49.1. The van der Waals surface area contributed by atoms with Gasteiger partial charge in [0.05, 0.1) is 34.2 Å². The summed E-state index contributed by atoms with van der Waals surface area (Å²) in [5.74, 6) is 5.73. The molecule has 0 unspecified atom stereocenters. The number of hydrogen-bond donors (Lipinski definition) is 0. The Bertz CT molecular complexity index is 8850. The zero-order valence-electron chi connectivity index (χ0n) is 79.6. The topological polar surface area (TPSA) is 193 Å². The number of nitrogens with zero attached hydrogens (tertiary/aromatic N) is 15. The zero-order chi connectivity index (χ0) is 97.7. The lowest BCUT2D eigenvalue weighted by Crippen LogP contribution is -2.00. The van der Waals surface area contributed by atoms with Crippen LogP contribution in [0.1, 0.15) is 33.4 Å². The van der Waals surface area contributed by atoms with Crippen molar-refractivity contribution in [2.24, 2.45) is 0 Å². The van der Waals surface area contributed by atoms with Crippen LogP contribution in [0, 0.1) is 0 Å². The minimum absolute atomic E-state index is 0.620. The Morgan fingerprint density at radius 2 is 0.333 bits per heavy atom. The van der Waals surface area contributed by atoms with Crippen LogP contribution in [0.2, 0.25) is 0 Å². The summed E-state index contributed by atoms with van der Waals surface area (Å²) in [5.41, 5.74) is 42.0. The van der Waals surface area contributed by atoms with E-state index in [0.717, 1.165) is 176 Å². The van der Waals surface area contributed by atoms with Gasteiger partial charge in [0.15, 0.2) is 52.4 Å². The maximum absolute atomic E-state index is 5.05. The van der Waals surface area contributed by atoms with Crippen LogP contribution in [0.15, 0.2) is 492 Å². The van der Waals surface area contributed by atoms with Crippen molar-refractivity contribution in [2.45, 2.75) is 19.3 Å². The highest BCUT2D eigenvalue weighted by Gasteiger charge is 2.30. The zero-order valence-corrected chi connectivity index (χ0v) is 79.6. The molecule has 0 saturated heterocycles. The number of benzene rings is 18. The fraction of sp³-hybridized carbons (Fsp3) is 0.0227. The first kappa shape index (κ1) is 88.6. The van der Waals surface area contributed by atoms with E-state index in [2.05, 4.69) is 284 Å². The fourth-order valence-corrected chi connectivity index (χ4v) is 20.0. The monoisotopic (exact) mass is 1880 g/mol. The molecule has 6 heterocycles. The van der Waals surface area contributed by atoms with Gasteiger partial charge in [0, 0.05) is 119 Å². The smallest absolute Gasteiger partial charge is 0.164 e. The number of hydrogen-bond acceptors (Lipinski definition) is 15. The highest BCUT2D eigenvalue weighted by atomic mass is 15.1. The predicted octanol–water partition coefficient (Wildman–Crippen LogP) is 30.7. The summed E-state index contributed by atoms with van der Waals surface area (Å²) < 4.78 is 0. The van der Waals surface area contributed by atoms with Gasteiger partial charge in [-0.2, -0.15) is 0 Å². The predicted molar refractivity (Wildman–Crippen MR) is 589 cm³/mol. The van der Waals surface area contributed by atoms with Crippen LogP contribution in [-0.4, -0.2) is 74.8 Å². The van der Waals surface area contributed by atoms with Crippen molar-refractivity contribution in [1.82, 2.24) is 74.8 Å². The summed E-state index contributed by atoms with van der Waals surface area (Å²) in [6.07, 6.45) is 7.52. The molecule has 27 rings (SSSR count). The largest absolute Gasteiger partial charge is 0.236 e. The molecule has 6 aromatic heterocycles. The fourth-order valence-electron chi connectivity index (χ4n) is 20.0. The van der Waals surface area contributed by atoms with Crippen molar-refractivity contribution in [1.29, 1.82) is 0 Å². The van der Waals surface area contributed by atoms with Crippen molar-refractivity contribution in [3.8, 4) is 237 Å². The minimum atomic E-state index is 0.620. The lowest BCUT2D eigenvalue weighted by molar-refractivity contribution is 1.07. The molecule has 0 saturated carbocycles. The van der Waals surface area contributed by atoms with Gasteiger partial charge in [-0.25, -0.2) is 74.8 Å². The molecule has 0 amide bonds. The SMILES string of the molecule is c1ccc(-c2cc(-c3cccc(-c4nc(-c5ccccc5)nc(-c5ccccc5)n4)c3)cc(-c3ncnc4c3Cc3ccccc3-4)c2)cc1.c1ccc(-c2cc(-c3cccc(-c4ncnc5c4Cc4ccccc4-5)c3)cc(-c3nc(-c4ccccc4)nc(-c4ccccc4)n3)c2)cc1.c1ccc(-c2nc(-c3ccccc3)nc(-c3cccc(-c4ccc(-c5ncnc6c5Cc5c(-c7ccccc7)cccc5-6)cc4)c3)n2)cc1. The highest BCUT2D eigenvalue weighted by molar-refractivity contribution is 5.91. The molecule has 0 bridgehead atoms. The van der Waals surface area contributed by atoms with E-state index < -0.39 is 0 Å². The first-order chi connectivity index (χ1) is 72.8. The van der Waals surface area contributed by atoms with Crippen LogP contribution in [0.5, 0.6) is 0 Å². The van der Waals surface area contributed by atoms with Gasteiger partial charge in [0.2, 0.25) is 0 Å². The Labute approximate surface area is 850 Å². The van der Waals surface area contributed by atoms with Crippen LogP contribution in [0.25, 0.3) is 237 Å². The maximum Gasteiger partial charge on any atom is 0.164 e. The van der Waals surface area contributed by atoms with E-state index in [1.165, 1.54) is 61.2 Å². The third kappa shape index (κ3) is 18.3. The van der Waals surface area contributed by atoms with E-state index >= 15 is 0 Å². The molecule has 18 aromatic carbocycles. The quantitative estimate of drug-likeness (QED) is 0.0787. The lowest BCUT2D eigenvalue weighted by atomic mass is 9.93. The van der Waals surface area contributed by atoms with E-state index in [4.69, 9.17) is 69.8 Å². The number of aromatic nitrogens is 15. The summed E-state index contributed by atoms with van der Waals surface area (Å²) in [7, 11) is 0. The average Bonchev–Trinajstić information content (AvgIpc) is 1.62. The Morgan fingerprint density at radius 1 is 0.116 bits per heavy atom. The third-order valence-electron chi connectivity index (χ3n) is 27.2. The van der Waals surface area contributed by atoms with Crippen molar-refractivity contribution < 1.29 is 0 Å². The summed E-state index contributed by atoms with van der Waals surface area (Å²) in [6, 6.07) is 163. The second kappa shape index (κ2) is 39.7. The van der Waals surface area contributed by atoms with Crippen LogP contribution in [0.4, 0.5) is 0 Å². The second-order valence-corrected chi connectivity index (χ2v) is 36.5. The highest BCUT2D eigenvalue weighted by Crippen LogP contribution is 2.48. The van der Waals surface area contributed by atoms with Crippen molar-refractivity contribution in [2.75, 3.05) is 0 Å². The van der Waals surface area contributed by atoms with Crippen molar-refractivity contribution in [3.63, 3.8) is 0 Å².